The van der Waals surface area contributed by atoms with Crippen molar-refractivity contribution in [3.8, 4) is 5.75 Å². The predicted molar refractivity (Wildman–Crippen MR) is 237 cm³/mol. The van der Waals surface area contributed by atoms with Gasteiger partial charge in [-0.1, -0.05) is 131 Å². The number of para-hydroxylation sites is 1. The topological polar surface area (TPSA) is 109 Å². The van der Waals surface area contributed by atoms with Crippen molar-refractivity contribution in [1.82, 2.24) is 9.80 Å². The van der Waals surface area contributed by atoms with E-state index < -0.39 is 23.7 Å². The number of hydrogen-bond donors (Lipinski definition) is 2. The molecule has 2 N–H and O–H groups in total. The molecule has 8 atom stereocenters. The maximum atomic E-state index is 14.1. The van der Waals surface area contributed by atoms with Crippen LogP contribution in [-0.4, -0.2) is 74.3 Å². The van der Waals surface area contributed by atoms with Gasteiger partial charge in [-0.15, -0.1) is 0 Å². The molecule has 0 aromatic heterocycles. The molecule has 1 aliphatic carbocycles. The van der Waals surface area contributed by atoms with Crippen molar-refractivity contribution in [3.05, 3.63) is 137 Å². The van der Waals surface area contributed by atoms with Crippen LogP contribution in [0.4, 0.5) is 0 Å². The molecule has 0 bridgehead atoms. The lowest BCUT2D eigenvalue weighted by atomic mass is 9.87. The van der Waals surface area contributed by atoms with Gasteiger partial charge in [0.25, 0.3) is 0 Å². The quantitative estimate of drug-likeness (QED) is 0.147. The number of benzene rings is 4. The Morgan fingerprint density at radius 1 is 0.607 bits per heavy atom. The molecule has 2 saturated heterocycles. The molecule has 61 heavy (non-hydrogen) atoms. The van der Waals surface area contributed by atoms with Gasteiger partial charge in [0.1, 0.15) is 29.9 Å². The van der Waals surface area contributed by atoms with Crippen molar-refractivity contribution in [2.24, 2.45) is 23.7 Å². The molecule has 2 fully saturated rings. The van der Waals surface area contributed by atoms with Crippen molar-refractivity contribution >= 4 is 11.8 Å². The Morgan fingerprint density at radius 3 is 1.54 bits per heavy atom. The molecular weight excluding hydrogens is 765 g/mol. The summed E-state index contributed by atoms with van der Waals surface area (Å²) in [5.74, 6) is 0.482. The normalized spacial score (nSPS) is 23.7. The molecule has 9 heteroatoms. The lowest BCUT2D eigenvalue weighted by molar-refractivity contribution is -0.154. The number of hydrogen-bond acceptors (Lipinski definition) is 7. The van der Waals surface area contributed by atoms with E-state index in [0.29, 0.717) is 32.3 Å². The number of rotatable bonds is 12. The van der Waals surface area contributed by atoms with Crippen molar-refractivity contribution in [3.63, 3.8) is 0 Å². The van der Waals surface area contributed by atoms with Gasteiger partial charge in [-0.2, -0.15) is 0 Å². The standard InChI is InChI=1S/C26H33NO4.C26H33NO3/c1-17(2)21(28)15-19(14-18-10-6-5-7-11-18)25(29)27-24-20-12-8-9-13-22(20)30-16-23(24)31-26(27,3)4;1-17(2)22(28)15-20(14-18-10-6-5-7-11-18)25(29)27-24-21-13-9-8-12-19(21)16-23(24)30-26(27,3)4/h5-13,17,19,21,23-24,28H,14-16H2,1-4H3;5-13,17,20,22-24,28H,14-16H2,1-4H3/t19-,21+,23-,24+;20-,22+,23-,24+/m11/s1. The van der Waals surface area contributed by atoms with Crippen molar-refractivity contribution in [2.45, 2.75) is 135 Å². The van der Waals surface area contributed by atoms with Crippen LogP contribution >= 0.6 is 0 Å². The maximum Gasteiger partial charge on any atom is 0.228 e. The average Bonchev–Trinajstić information content (AvgIpc) is 3.82. The van der Waals surface area contributed by atoms with Crippen LogP contribution in [0.15, 0.2) is 109 Å². The molecular formula is C52H66N2O7. The van der Waals surface area contributed by atoms with Crippen LogP contribution in [0.1, 0.15) is 108 Å². The van der Waals surface area contributed by atoms with Crippen LogP contribution < -0.4 is 4.74 Å². The van der Waals surface area contributed by atoms with Gasteiger partial charge in [0, 0.05) is 23.8 Å². The van der Waals surface area contributed by atoms with Gasteiger partial charge in [0.2, 0.25) is 11.8 Å². The van der Waals surface area contributed by atoms with E-state index in [9.17, 15) is 19.8 Å². The number of ether oxygens (including phenoxy) is 3. The van der Waals surface area contributed by atoms with E-state index in [2.05, 4.69) is 24.3 Å². The number of carbonyl (C=O) groups excluding carboxylic acids is 2. The minimum atomic E-state index is -0.759. The summed E-state index contributed by atoms with van der Waals surface area (Å²) in [6, 6.07) is 36.1. The third-order valence-electron chi connectivity index (χ3n) is 13.2. The highest BCUT2D eigenvalue weighted by molar-refractivity contribution is 5.82. The van der Waals surface area contributed by atoms with E-state index in [1.54, 1.807) is 0 Å². The highest BCUT2D eigenvalue weighted by Gasteiger charge is 2.55. The minimum Gasteiger partial charge on any atom is -0.490 e. The summed E-state index contributed by atoms with van der Waals surface area (Å²) in [5, 5.41) is 21.3. The number of aliphatic hydroxyl groups excluding tert-OH is 2. The molecule has 4 aromatic carbocycles. The first-order chi connectivity index (χ1) is 29.1. The zero-order valence-corrected chi connectivity index (χ0v) is 37.2. The van der Waals surface area contributed by atoms with Crippen molar-refractivity contribution in [2.75, 3.05) is 6.61 Å². The van der Waals surface area contributed by atoms with Crippen LogP contribution in [0.5, 0.6) is 5.75 Å². The smallest absolute Gasteiger partial charge is 0.228 e. The van der Waals surface area contributed by atoms with Crippen LogP contribution in [0.2, 0.25) is 0 Å². The molecule has 9 nitrogen and oxygen atoms in total. The van der Waals surface area contributed by atoms with Crippen molar-refractivity contribution in [1.29, 1.82) is 0 Å². The first kappa shape index (κ1) is 44.5. The van der Waals surface area contributed by atoms with Crippen LogP contribution in [0.3, 0.4) is 0 Å². The summed E-state index contributed by atoms with van der Waals surface area (Å²) in [4.78, 5) is 32.0. The average molecular weight is 831 g/mol. The summed E-state index contributed by atoms with van der Waals surface area (Å²) >= 11 is 0. The number of aliphatic hydroxyl groups is 2. The second-order valence-corrected chi connectivity index (χ2v) is 19.1. The Balaban J connectivity index is 0.000000184. The largest absolute Gasteiger partial charge is 0.490 e. The SMILES string of the molecule is CC(C)[C@@H](O)C[C@@H](Cc1ccccc1)C(=O)N1[C@H]2c3ccccc3C[C@H]2OC1(C)C.CC(C)[C@@H](O)C[C@@H](Cc1ccccc1)C(=O)N1[C@H]2c3ccccc3OC[C@H]2OC1(C)C. The molecule has 2 amide bonds. The van der Waals surface area contributed by atoms with Gasteiger partial charge in [0.05, 0.1) is 30.4 Å². The lowest BCUT2D eigenvalue weighted by Gasteiger charge is -2.38. The molecule has 3 aliphatic heterocycles. The van der Waals surface area contributed by atoms with E-state index >= 15 is 0 Å². The molecule has 326 valence electrons. The first-order valence-corrected chi connectivity index (χ1v) is 22.3. The van der Waals surface area contributed by atoms with Crippen LogP contribution in [-0.2, 0) is 38.3 Å². The van der Waals surface area contributed by atoms with E-state index in [1.165, 1.54) is 11.1 Å². The Kier molecular flexibility index (Phi) is 13.5. The Morgan fingerprint density at radius 2 is 1.03 bits per heavy atom. The Bertz CT molecular complexity index is 2100. The third kappa shape index (κ3) is 9.61. The fourth-order valence-corrected chi connectivity index (χ4v) is 9.86. The van der Waals surface area contributed by atoms with E-state index in [0.717, 1.165) is 28.9 Å². The fraction of sp³-hybridized carbons (Fsp3) is 0.500. The monoisotopic (exact) mass is 830 g/mol. The summed E-state index contributed by atoms with van der Waals surface area (Å²) in [5.41, 5.74) is 4.24. The highest BCUT2D eigenvalue weighted by atomic mass is 16.6. The van der Waals surface area contributed by atoms with Gasteiger partial charge in [-0.25, -0.2) is 0 Å². The molecule has 4 aromatic rings. The summed E-state index contributed by atoms with van der Waals surface area (Å²) in [7, 11) is 0. The van der Waals surface area contributed by atoms with E-state index in [4.69, 9.17) is 14.2 Å². The van der Waals surface area contributed by atoms with E-state index in [1.807, 2.05) is 150 Å². The zero-order chi connectivity index (χ0) is 43.6. The third-order valence-corrected chi connectivity index (χ3v) is 13.2. The first-order valence-electron chi connectivity index (χ1n) is 22.3. The van der Waals surface area contributed by atoms with E-state index in [-0.39, 0.29) is 59.8 Å². The Labute approximate surface area is 363 Å². The summed E-state index contributed by atoms with van der Waals surface area (Å²) in [6.07, 6.45) is 1.66. The lowest BCUT2D eigenvalue weighted by Crippen LogP contribution is -2.49. The molecule has 8 rings (SSSR count). The highest BCUT2D eigenvalue weighted by Crippen LogP contribution is 2.50. The van der Waals surface area contributed by atoms with Gasteiger partial charge in [0.15, 0.2) is 0 Å². The van der Waals surface area contributed by atoms with Gasteiger partial charge >= 0.3 is 0 Å². The maximum absolute atomic E-state index is 14.1. The van der Waals surface area contributed by atoms with Gasteiger partial charge in [-0.05, 0) is 93.5 Å². The molecule has 0 saturated carbocycles. The second-order valence-electron chi connectivity index (χ2n) is 19.1. The number of nitrogens with zero attached hydrogens (tertiary/aromatic N) is 2. The van der Waals surface area contributed by atoms with Crippen LogP contribution in [0.25, 0.3) is 0 Å². The number of amides is 2. The molecule has 4 aliphatic rings. The summed E-state index contributed by atoms with van der Waals surface area (Å²) in [6.45, 7) is 16.3. The number of fused-ring (bicyclic) bond motifs is 6. The fourth-order valence-electron chi connectivity index (χ4n) is 9.86. The molecule has 3 heterocycles. The number of carbonyl (C=O) groups is 2. The summed E-state index contributed by atoms with van der Waals surface area (Å²) < 4.78 is 18.6. The minimum absolute atomic E-state index is 0.00579. The Hall–Kier alpha value is -4.54. The molecule has 0 radical (unpaired) electrons. The van der Waals surface area contributed by atoms with Crippen molar-refractivity contribution < 1.29 is 34.0 Å². The van der Waals surface area contributed by atoms with Gasteiger partial charge in [-0.3, -0.25) is 9.59 Å². The van der Waals surface area contributed by atoms with Gasteiger partial charge < -0.3 is 34.2 Å². The zero-order valence-electron chi connectivity index (χ0n) is 37.2. The second kappa shape index (κ2) is 18.4. The molecule has 0 spiro atoms. The molecule has 0 unspecified atom stereocenters. The van der Waals surface area contributed by atoms with Crippen LogP contribution in [0, 0.1) is 23.7 Å². The predicted octanol–water partition coefficient (Wildman–Crippen LogP) is 8.86.